The van der Waals surface area contributed by atoms with E-state index in [0.29, 0.717) is 18.4 Å². The van der Waals surface area contributed by atoms with Gasteiger partial charge in [0.1, 0.15) is 5.75 Å². The molecular formula is C11H10ClF5O. The number of benzene rings is 1. The van der Waals surface area contributed by atoms with Crippen molar-refractivity contribution < 1.29 is 26.7 Å². The first-order valence-electron chi connectivity index (χ1n) is 5.06. The molecule has 1 aromatic carbocycles. The summed E-state index contributed by atoms with van der Waals surface area (Å²) >= 11 is 5.44. The van der Waals surface area contributed by atoms with Crippen LogP contribution in [0.25, 0.3) is 0 Å². The Hall–Kier alpha value is -1.04. The summed E-state index contributed by atoms with van der Waals surface area (Å²) in [6.45, 7) is 0. The van der Waals surface area contributed by atoms with Gasteiger partial charge in [-0.1, -0.05) is 6.07 Å². The van der Waals surface area contributed by atoms with E-state index in [1.54, 1.807) is 0 Å². The maximum atomic E-state index is 12.7. The van der Waals surface area contributed by atoms with Crippen molar-refractivity contribution in [3.8, 4) is 5.75 Å². The maximum Gasteiger partial charge on any atom is 0.573 e. The number of aryl methyl sites for hydroxylation is 1. The number of rotatable bonds is 5. The minimum absolute atomic E-state index is 0.278. The summed E-state index contributed by atoms with van der Waals surface area (Å²) in [4.78, 5) is 0. The third-order valence-corrected chi connectivity index (χ3v) is 2.43. The number of ether oxygens (including phenoxy) is 1. The second-order valence-electron chi connectivity index (χ2n) is 3.50. The van der Waals surface area contributed by atoms with E-state index in [2.05, 4.69) is 4.74 Å². The van der Waals surface area contributed by atoms with Crippen LogP contribution in [0.1, 0.15) is 24.0 Å². The predicted molar refractivity (Wildman–Crippen MR) is 57.1 cm³/mol. The Balaban J connectivity index is 2.96. The van der Waals surface area contributed by atoms with Gasteiger partial charge in [-0.2, -0.15) is 0 Å². The number of hydrogen-bond acceptors (Lipinski definition) is 1. The van der Waals surface area contributed by atoms with Crippen molar-refractivity contribution in [3.05, 3.63) is 29.3 Å². The van der Waals surface area contributed by atoms with E-state index in [9.17, 15) is 22.0 Å². The molecule has 0 amide bonds. The van der Waals surface area contributed by atoms with Crippen LogP contribution in [-0.2, 0) is 6.42 Å². The Morgan fingerprint density at radius 3 is 2.39 bits per heavy atom. The Bertz CT molecular complexity index is 392. The lowest BCUT2D eigenvalue weighted by Gasteiger charge is -2.13. The molecule has 0 saturated carbocycles. The highest BCUT2D eigenvalue weighted by Crippen LogP contribution is 2.30. The van der Waals surface area contributed by atoms with E-state index in [1.807, 2.05) is 0 Å². The van der Waals surface area contributed by atoms with Crippen molar-refractivity contribution in [1.29, 1.82) is 0 Å². The van der Waals surface area contributed by atoms with Gasteiger partial charge >= 0.3 is 6.36 Å². The molecule has 0 spiro atoms. The van der Waals surface area contributed by atoms with Crippen LogP contribution in [0, 0.1) is 0 Å². The molecule has 1 aromatic rings. The average molecular weight is 289 g/mol. The molecule has 0 radical (unpaired) electrons. The number of halogens is 6. The van der Waals surface area contributed by atoms with Gasteiger partial charge < -0.3 is 4.74 Å². The highest BCUT2D eigenvalue weighted by atomic mass is 35.5. The zero-order chi connectivity index (χ0) is 13.8. The molecule has 0 atom stereocenters. The second-order valence-corrected chi connectivity index (χ2v) is 3.88. The quantitative estimate of drug-likeness (QED) is 0.564. The predicted octanol–water partition coefficient (Wildman–Crippen LogP) is 4.69. The van der Waals surface area contributed by atoms with Crippen LogP contribution in [-0.4, -0.2) is 12.2 Å². The molecule has 0 fully saturated rings. The minimum atomic E-state index is -4.89. The molecule has 1 nitrogen and oxygen atoms in total. The zero-order valence-corrected chi connectivity index (χ0v) is 9.86. The Kier molecular flexibility index (Phi) is 5.19. The van der Waals surface area contributed by atoms with E-state index in [1.165, 1.54) is 6.07 Å². The van der Waals surface area contributed by atoms with Gasteiger partial charge in [0.2, 0.25) is 0 Å². The standard InChI is InChI=1S/C11H10ClF5O/c12-5-1-2-7-3-4-8(18-11(15,16)17)6-9(7)10(13)14/h3-4,6,10H,1-2,5H2. The Morgan fingerprint density at radius 1 is 1.22 bits per heavy atom. The molecule has 18 heavy (non-hydrogen) atoms. The molecule has 7 heteroatoms. The van der Waals surface area contributed by atoms with E-state index in [0.717, 1.165) is 6.07 Å². The van der Waals surface area contributed by atoms with Crippen LogP contribution in [0.15, 0.2) is 18.2 Å². The largest absolute Gasteiger partial charge is 0.573 e. The molecule has 0 unspecified atom stereocenters. The van der Waals surface area contributed by atoms with Crippen LogP contribution >= 0.6 is 11.6 Å². The molecule has 0 N–H and O–H groups in total. The topological polar surface area (TPSA) is 9.23 Å². The summed E-state index contributed by atoms with van der Waals surface area (Å²) in [5, 5.41) is 0. The summed E-state index contributed by atoms with van der Waals surface area (Å²) in [6.07, 6.45) is -6.99. The van der Waals surface area contributed by atoms with Crippen molar-refractivity contribution >= 4 is 11.6 Å². The summed E-state index contributed by atoms with van der Waals surface area (Å²) in [5.41, 5.74) is -0.179. The molecule has 0 saturated heterocycles. The molecule has 0 aliphatic heterocycles. The van der Waals surface area contributed by atoms with Gasteiger partial charge in [0.05, 0.1) is 0 Å². The van der Waals surface area contributed by atoms with Crippen molar-refractivity contribution in [3.63, 3.8) is 0 Å². The first kappa shape index (κ1) is 15.0. The van der Waals surface area contributed by atoms with Crippen LogP contribution in [0.2, 0.25) is 0 Å². The van der Waals surface area contributed by atoms with Crippen LogP contribution in [0.5, 0.6) is 5.75 Å². The van der Waals surface area contributed by atoms with Gasteiger partial charge in [-0.15, -0.1) is 24.8 Å². The summed E-state index contributed by atoms with van der Waals surface area (Å²) in [5.74, 6) is -0.351. The first-order chi connectivity index (χ1) is 8.33. The zero-order valence-electron chi connectivity index (χ0n) is 9.11. The molecule has 0 heterocycles. The highest BCUT2D eigenvalue weighted by Gasteiger charge is 2.31. The third-order valence-electron chi connectivity index (χ3n) is 2.17. The van der Waals surface area contributed by atoms with Crippen molar-refractivity contribution in [1.82, 2.24) is 0 Å². The molecule has 0 bridgehead atoms. The fraction of sp³-hybridized carbons (Fsp3) is 0.455. The summed E-state index contributed by atoms with van der Waals surface area (Å²) in [6, 6.07) is 2.93. The van der Waals surface area contributed by atoms with Crippen LogP contribution in [0.4, 0.5) is 22.0 Å². The lowest BCUT2D eigenvalue weighted by Crippen LogP contribution is -2.17. The van der Waals surface area contributed by atoms with Gasteiger partial charge in [-0.05, 0) is 30.5 Å². The normalized spacial score (nSPS) is 11.9. The molecule has 1 rings (SSSR count). The number of alkyl halides is 6. The van der Waals surface area contributed by atoms with E-state index in [4.69, 9.17) is 11.6 Å². The molecule has 0 aliphatic rings. The van der Waals surface area contributed by atoms with Crippen LogP contribution < -0.4 is 4.74 Å². The summed E-state index contributed by atoms with van der Waals surface area (Å²) < 4.78 is 64.8. The fourth-order valence-corrected chi connectivity index (χ4v) is 1.59. The van der Waals surface area contributed by atoms with E-state index >= 15 is 0 Å². The lowest BCUT2D eigenvalue weighted by molar-refractivity contribution is -0.274. The minimum Gasteiger partial charge on any atom is -0.406 e. The fourth-order valence-electron chi connectivity index (χ4n) is 1.46. The van der Waals surface area contributed by atoms with Gasteiger partial charge in [-0.25, -0.2) is 8.78 Å². The van der Waals surface area contributed by atoms with Gasteiger partial charge in [0, 0.05) is 11.4 Å². The second kappa shape index (κ2) is 6.22. The van der Waals surface area contributed by atoms with E-state index < -0.39 is 24.1 Å². The smallest absolute Gasteiger partial charge is 0.406 e. The molecular weight excluding hydrogens is 279 g/mol. The molecule has 102 valence electrons. The van der Waals surface area contributed by atoms with E-state index in [-0.39, 0.29) is 12.0 Å². The third kappa shape index (κ3) is 4.68. The van der Waals surface area contributed by atoms with Crippen molar-refractivity contribution in [2.75, 3.05) is 5.88 Å². The molecule has 0 aliphatic carbocycles. The SMILES string of the molecule is FC(F)c1cc(OC(F)(F)F)ccc1CCCCl. The van der Waals surface area contributed by atoms with Gasteiger partial charge in [0.15, 0.2) is 0 Å². The van der Waals surface area contributed by atoms with Gasteiger partial charge in [0.25, 0.3) is 6.43 Å². The van der Waals surface area contributed by atoms with Crippen LogP contribution in [0.3, 0.4) is 0 Å². The highest BCUT2D eigenvalue weighted by molar-refractivity contribution is 6.17. The summed E-state index contributed by atoms with van der Waals surface area (Å²) in [7, 11) is 0. The Morgan fingerprint density at radius 2 is 1.89 bits per heavy atom. The monoisotopic (exact) mass is 288 g/mol. The van der Waals surface area contributed by atoms with Gasteiger partial charge in [-0.3, -0.25) is 0 Å². The first-order valence-corrected chi connectivity index (χ1v) is 5.59. The van der Waals surface area contributed by atoms with Crippen molar-refractivity contribution in [2.24, 2.45) is 0 Å². The number of hydrogen-bond donors (Lipinski definition) is 0. The molecule has 0 aromatic heterocycles. The average Bonchev–Trinajstić information content (AvgIpc) is 2.25. The Labute approximate surface area is 106 Å². The lowest BCUT2D eigenvalue weighted by atomic mass is 10.0. The maximum absolute atomic E-state index is 12.7. The van der Waals surface area contributed by atoms with Crippen molar-refractivity contribution in [2.45, 2.75) is 25.6 Å².